The van der Waals surface area contributed by atoms with Gasteiger partial charge in [0.25, 0.3) is 0 Å². The van der Waals surface area contributed by atoms with E-state index in [9.17, 15) is 14.4 Å². The molecule has 1 heterocycles. The van der Waals surface area contributed by atoms with Crippen LogP contribution in [0.1, 0.15) is 20.3 Å². The van der Waals surface area contributed by atoms with Crippen LogP contribution in [0.4, 0.5) is 5.69 Å². The van der Waals surface area contributed by atoms with Crippen molar-refractivity contribution >= 4 is 35.1 Å². The number of hydrogen-bond acceptors (Lipinski definition) is 6. The second-order valence-electron chi connectivity index (χ2n) is 5.75. The number of benzene rings is 1. The number of nitrogens with one attached hydrogen (secondary N) is 2. The van der Waals surface area contributed by atoms with Crippen LogP contribution in [0.25, 0.3) is 0 Å². The molecule has 1 aromatic rings. The number of esters is 1. The molecule has 2 rings (SSSR count). The van der Waals surface area contributed by atoms with Gasteiger partial charge in [-0.25, -0.2) is 4.79 Å². The maximum Gasteiger partial charge on any atom is 0.336 e. The molecule has 1 atom stereocenters. The number of anilines is 1. The fraction of sp³-hybridized carbons (Fsp3) is 0.389. The third-order valence-electron chi connectivity index (χ3n) is 3.99. The molecule has 2 amide bonds. The fourth-order valence-corrected chi connectivity index (χ4v) is 3.04. The first-order valence-electron chi connectivity index (χ1n) is 8.22. The molecule has 9 heteroatoms. The highest BCUT2D eigenvalue weighted by atomic mass is 35.5. The summed E-state index contributed by atoms with van der Waals surface area (Å²) in [5.74, 6) is -1.88. The van der Waals surface area contributed by atoms with Crippen LogP contribution in [0.15, 0.2) is 23.4 Å². The first kappa shape index (κ1) is 20.6. The van der Waals surface area contributed by atoms with Gasteiger partial charge in [0.1, 0.15) is 16.5 Å². The Hall–Kier alpha value is -2.74. The third kappa shape index (κ3) is 4.51. The van der Waals surface area contributed by atoms with E-state index in [-0.39, 0.29) is 29.5 Å². The van der Waals surface area contributed by atoms with Gasteiger partial charge >= 0.3 is 5.97 Å². The lowest BCUT2D eigenvalue weighted by Gasteiger charge is -2.25. The van der Waals surface area contributed by atoms with Gasteiger partial charge in [0.05, 0.1) is 32.3 Å². The van der Waals surface area contributed by atoms with Crippen molar-refractivity contribution in [1.82, 2.24) is 5.32 Å². The molecule has 0 saturated carbocycles. The van der Waals surface area contributed by atoms with Crippen molar-refractivity contribution in [3.8, 4) is 11.5 Å². The molecule has 27 heavy (non-hydrogen) atoms. The summed E-state index contributed by atoms with van der Waals surface area (Å²) in [6.45, 7) is 3.37. The number of allylic oxidation sites excluding steroid dienone is 1. The highest BCUT2D eigenvalue weighted by Crippen LogP contribution is 2.37. The molecule has 0 bridgehead atoms. The average Bonchev–Trinajstić information content (AvgIpc) is 2.62. The van der Waals surface area contributed by atoms with Crippen LogP contribution in [-0.2, 0) is 19.1 Å². The predicted molar refractivity (Wildman–Crippen MR) is 98.8 cm³/mol. The van der Waals surface area contributed by atoms with Gasteiger partial charge in [-0.1, -0.05) is 11.6 Å². The number of carbonyl (C=O) groups is 3. The standard InChI is InChI=1S/C18H21ClN2O6/c1-5-27-18(24)15-9(2)20-14(22)8-11(15)17(23)21-10-6-12(25-3)16(19)13(7-10)26-4/h6-7,11H,5,8H2,1-4H3,(H,20,22)(H,21,23). The van der Waals surface area contributed by atoms with Crippen LogP contribution in [0.3, 0.4) is 0 Å². The van der Waals surface area contributed by atoms with Crippen LogP contribution >= 0.6 is 11.6 Å². The number of rotatable bonds is 6. The quantitative estimate of drug-likeness (QED) is 0.715. The van der Waals surface area contributed by atoms with E-state index in [0.29, 0.717) is 22.9 Å². The molecule has 1 unspecified atom stereocenters. The SMILES string of the molecule is CCOC(=O)C1=C(C)NC(=O)CC1C(=O)Nc1cc(OC)c(Cl)c(OC)c1. The summed E-state index contributed by atoms with van der Waals surface area (Å²) in [6.07, 6.45) is -0.167. The zero-order valence-electron chi connectivity index (χ0n) is 15.5. The highest BCUT2D eigenvalue weighted by molar-refractivity contribution is 6.33. The Morgan fingerprint density at radius 2 is 1.85 bits per heavy atom. The Morgan fingerprint density at radius 1 is 1.26 bits per heavy atom. The topological polar surface area (TPSA) is 103 Å². The van der Waals surface area contributed by atoms with E-state index >= 15 is 0 Å². The molecule has 146 valence electrons. The van der Waals surface area contributed by atoms with Crippen molar-refractivity contribution < 1.29 is 28.6 Å². The van der Waals surface area contributed by atoms with E-state index in [2.05, 4.69) is 10.6 Å². The Balaban J connectivity index is 2.34. The van der Waals surface area contributed by atoms with Crippen molar-refractivity contribution in [3.63, 3.8) is 0 Å². The van der Waals surface area contributed by atoms with E-state index in [1.165, 1.54) is 26.4 Å². The molecule has 8 nitrogen and oxygen atoms in total. The van der Waals surface area contributed by atoms with Crippen molar-refractivity contribution in [3.05, 3.63) is 28.4 Å². The second kappa shape index (κ2) is 8.77. The average molecular weight is 397 g/mol. The van der Waals surface area contributed by atoms with Crippen molar-refractivity contribution in [2.45, 2.75) is 20.3 Å². The van der Waals surface area contributed by atoms with Gasteiger partial charge in [0.15, 0.2) is 0 Å². The van der Waals surface area contributed by atoms with Gasteiger partial charge < -0.3 is 24.8 Å². The molecule has 0 saturated heterocycles. The Bertz CT molecular complexity index is 780. The first-order valence-corrected chi connectivity index (χ1v) is 8.60. The lowest BCUT2D eigenvalue weighted by Crippen LogP contribution is -2.40. The van der Waals surface area contributed by atoms with Crippen LogP contribution in [0.2, 0.25) is 5.02 Å². The first-order chi connectivity index (χ1) is 12.8. The summed E-state index contributed by atoms with van der Waals surface area (Å²) in [7, 11) is 2.87. The molecule has 0 fully saturated rings. The van der Waals surface area contributed by atoms with Crippen molar-refractivity contribution in [2.75, 3.05) is 26.1 Å². The molecule has 1 aromatic carbocycles. The Kier molecular flexibility index (Phi) is 6.68. The minimum Gasteiger partial charge on any atom is -0.495 e. The lowest BCUT2D eigenvalue weighted by atomic mass is 9.89. The Labute approximate surface area is 161 Å². The van der Waals surface area contributed by atoms with Crippen LogP contribution in [-0.4, -0.2) is 38.6 Å². The number of methoxy groups -OCH3 is 2. The highest BCUT2D eigenvalue weighted by Gasteiger charge is 2.36. The van der Waals surface area contributed by atoms with Gasteiger partial charge in [0.2, 0.25) is 11.8 Å². The van der Waals surface area contributed by atoms with Crippen LogP contribution < -0.4 is 20.1 Å². The van der Waals surface area contributed by atoms with E-state index < -0.39 is 17.8 Å². The van der Waals surface area contributed by atoms with Crippen molar-refractivity contribution in [1.29, 1.82) is 0 Å². The van der Waals surface area contributed by atoms with Crippen molar-refractivity contribution in [2.24, 2.45) is 5.92 Å². The molecular weight excluding hydrogens is 376 g/mol. The maximum absolute atomic E-state index is 12.8. The predicted octanol–water partition coefficient (Wildman–Crippen LogP) is 2.27. The summed E-state index contributed by atoms with van der Waals surface area (Å²) in [5.41, 5.74) is 0.780. The number of ether oxygens (including phenoxy) is 3. The zero-order chi connectivity index (χ0) is 20.1. The van der Waals surface area contributed by atoms with E-state index in [1.54, 1.807) is 13.8 Å². The van der Waals surface area contributed by atoms with Gasteiger partial charge in [0, 0.05) is 29.9 Å². The molecule has 0 radical (unpaired) electrons. The normalized spacial score (nSPS) is 16.5. The molecule has 2 N–H and O–H groups in total. The minimum atomic E-state index is -0.981. The summed E-state index contributed by atoms with van der Waals surface area (Å²) in [6, 6.07) is 3.04. The summed E-state index contributed by atoms with van der Waals surface area (Å²) in [5, 5.41) is 5.50. The summed E-state index contributed by atoms with van der Waals surface area (Å²) >= 11 is 6.12. The summed E-state index contributed by atoms with van der Waals surface area (Å²) in [4.78, 5) is 37.0. The van der Waals surface area contributed by atoms with Gasteiger partial charge in [-0.05, 0) is 13.8 Å². The molecular formula is C18H21ClN2O6. The second-order valence-corrected chi connectivity index (χ2v) is 6.13. The summed E-state index contributed by atoms with van der Waals surface area (Å²) < 4.78 is 15.4. The van der Waals surface area contributed by atoms with Crippen LogP contribution in [0, 0.1) is 5.92 Å². The minimum absolute atomic E-state index is 0.127. The van der Waals surface area contributed by atoms with E-state index in [1.807, 2.05) is 0 Å². The molecule has 1 aliphatic rings. The van der Waals surface area contributed by atoms with Gasteiger partial charge in [-0.2, -0.15) is 0 Å². The largest absolute Gasteiger partial charge is 0.495 e. The molecule has 0 aliphatic carbocycles. The van der Waals surface area contributed by atoms with Gasteiger partial charge in [-0.15, -0.1) is 0 Å². The maximum atomic E-state index is 12.8. The lowest BCUT2D eigenvalue weighted by molar-refractivity contribution is -0.141. The van der Waals surface area contributed by atoms with Crippen LogP contribution in [0.5, 0.6) is 11.5 Å². The molecule has 1 aliphatic heterocycles. The van der Waals surface area contributed by atoms with E-state index in [0.717, 1.165) is 0 Å². The van der Waals surface area contributed by atoms with E-state index in [4.69, 9.17) is 25.8 Å². The number of carbonyl (C=O) groups excluding carboxylic acids is 3. The number of amides is 2. The molecule has 0 aromatic heterocycles. The number of halogens is 1. The third-order valence-corrected chi connectivity index (χ3v) is 4.37. The fourth-order valence-electron chi connectivity index (χ4n) is 2.78. The van der Waals surface area contributed by atoms with Gasteiger partial charge in [-0.3, -0.25) is 9.59 Å². The Morgan fingerprint density at radius 3 is 2.37 bits per heavy atom. The smallest absolute Gasteiger partial charge is 0.336 e. The number of hydrogen-bond donors (Lipinski definition) is 2. The molecule has 0 spiro atoms. The monoisotopic (exact) mass is 396 g/mol. The zero-order valence-corrected chi connectivity index (χ0v) is 16.2.